The van der Waals surface area contributed by atoms with E-state index in [0.29, 0.717) is 13.0 Å². The molecule has 4 heteroatoms. The van der Waals surface area contributed by atoms with Crippen LogP contribution in [0.5, 0.6) is 0 Å². The summed E-state index contributed by atoms with van der Waals surface area (Å²) < 4.78 is 0. The zero-order chi connectivity index (χ0) is 10.3. The van der Waals surface area contributed by atoms with E-state index in [2.05, 4.69) is 9.78 Å². The molecule has 0 aliphatic rings. The van der Waals surface area contributed by atoms with Gasteiger partial charge in [0.1, 0.15) is 11.7 Å². The van der Waals surface area contributed by atoms with Gasteiger partial charge in [0.15, 0.2) is 0 Å². The Morgan fingerprint density at radius 1 is 1.31 bits per heavy atom. The van der Waals surface area contributed by atoms with Gasteiger partial charge in [-0.3, -0.25) is 9.68 Å². The quantitative estimate of drug-likeness (QED) is 0.274. The molecule has 0 rings (SSSR count). The standard InChI is InChI=1S/C9H16O4/c1-4-6-12-13-9(11)8(5-2)7(3)10/h8H,4-6H2,1-3H3. The number of Topliss-reactive ketones (excluding diaryl/α,β-unsaturated/α-hetero) is 1. The lowest BCUT2D eigenvalue weighted by Gasteiger charge is -2.08. The number of hydrogen-bond acceptors (Lipinski definition) is 4. The van der Waals surface area contributed by atoms with Crippen LogP contribution in [0.1, 0.15) is 33.6 Å². The number of carbonyl (C=O) groups excluding carboxylic acids is 2. The van der Waals surface area contributed by atoms with Crippen LogP contribution in [0.2, 0.25) is 0 Å². The van der Waals surface area contributed by atoms with Crippen LogP contribution < -0.4 is 0 Å². The van der Waals surface area contributed by atoms with Gasteiger partial charge < -0.3 is 0 Å². The summed E-state index contributed by atoms with van der Waals surface area (Å²) in [7, 11) is 0. The molecule has 1 unspecified atom stereocenters. The topological polar surface area (TPSA) is 52.6 Å². The molecule has 0 aromatic heterocycles. The number of carbonyl (C=O) groups is 2. The fourth-order valence-electron chi connectivity index (χ4n) is 0.861. The van der Waals surface area contributed by atoms with E-state index >= 15 is 0 Å². The SMILES string of the molecule is CCCOOC(=O)C(CC)C(C)=O. The Balaban J connectivity index is 3.85. The van der Waals surface area contributed by atoms with Gasteiger partial charge in [-0.2, -0.15) is 4.89 Å². The molecule has 0 spiro atoms. The average Bonchev–Trinajstić information content (AvgIpc) is 2.05. The summed E-state index contributed by atoms with van der Waals surface area (Å²) in [5.74, 6) is -1.46. The second-order valence-corrected chi connectivity index (χ2v) is 2.80. The molecule has 1 atom stereocenters. The van der Waals surface area contributed by atoms with Crippen LogP contribution in [0.3, 0.4) is 0 Å². The van der Waals surface area contributed by atoms with Gasteiger partial charge in [0.25, 0.3) is 0 Å². The van der Waals surface area contributed by atoms with Crippen molar-refractivity contribution >= 4 is 11.8 Å². The third-order valence-electron chi connectivity index (χ3n) is 1.61. The van der Waals surface area contributed by atoms with Crippen LogP contribution in [-0.2, 0) is 19.4 Å². The molecule has 76 valence electrons. The Morgan fingerprint density at radius 2 is 1.92 bits per heavy atom. The van der Waals surface area contributed by atoms with E-state index in [1.165, 1.54) is 6.92 Å². The number of hydrogen-bond donors (Lipinski definition) is 0. The van der Waals surface area contributed by atoms with E-state index in [9.17, 15) is 9.59 Å². The lowest BCUT2D eigenvalue weighted by Crippen LogP contribution is -2.23. The number of rotatable bonds is 6. The maximum absolute atomic E-state index is 11.1. The third-order valence-corrected chi connectivity index (χ3v) is 1.61. The smallest absolute Gasteiger partial charge is 0.299 e. The van der Waals surface area contributed by atoms with Crippen LogP contribution in [0.25, 0.3) is 0 Å². The van der Waals surface area contributed by atoms with Crippen molar-refractivity contribution in [1.82, 2.24) is 0 Å². The maximum Gasteiger partial charge on any atom is 0.352 e. The van der Waals surface area contributed by atoms with Crippen molar-refractivity contribution in [1.29, 1.82) is 0 Å². The van der Waals surface area contributed by atoms with Crippen molar-refractivity contribution in [2.75, 3.05) is 6.61 Å². The van der Waals surface area contributed by atoms with Crippen molar-refractivity contribution in [3.05, 3.63) is 0 Å². The van der Waals surface area contributed by atoms with Gasteiger partial charge in [-0.1, -0.05) is 13.8 Å². The summed E-state index contributed by atoms with van der Waals surface area (Å²) in [5, 5.41) is 0. The Hall–Kier alpha value is -0.900. The van der Waals surface area contributed by atoms with Crippen molar-refractivity contribution in [3.8, 4) is 0 Å². The van der Waals surface area contributed by atoms with Crippen molar-refractivity contribution in [2.24, 2.45) is 5.92 Å². The minimum absolute atomic E-state index is 0.187. The van der Waals surface area contributed by atoms with Gasteiger partial charge in [-0.15, -0.1) is 0 Å². The van der Waals surface area contributed by atoms with E-state index in [-0.39, 0.29) is 5.78 Å². The highest BCUT2D eigenvalue weighted by atomic mass is 17.2. The molecule has 0 aromatic rings. The first-order valence-corrected chi connectivity index (χ1v) is 4.47. The van der Waals surface area contributed by atoms with Gasteiger partial charge in [-0.25, -0.2) is 4.79 Å². The molecule has 0 aromatic carbocycles. The van der Waals surface area contributed by atoms with Gasteiger partial charge in [-0.05, 0) is 19.8 Å². The van der Waals surface area contributed by atoms with E-state index in [1.54, 1.807) is 6.92 Å². The monoisotopic (exact) mass is 188 g/mol. The number of ketones is 1. The summed E-state index contributed by atoms with van der Waals surface area (Å²) in [4.78, 5) is 31.0. The third kappa shape index (κ3) is 4.62. The van der Waals surface area contributed by atoms with Crippen molar-refractivity contribution < 1.29 is 19.4 Å². The van der Waals surface area contributed by atoms with Gasteiger partial charge >= 0.3 is 5.97 Å². The molecular weight excluding hydrogens is 172 g/mol. The Kier molecular flexibility index (Phi) is 6.14. The van der Waals surface area contributed by atoms with Gasteiger partial charge in [0.05, 0.1) is 6.61 Å². The highest BCUT2D eigenvalue weighted by molar-refractivity contribution is 5.97. The van der Waals surface area contributed by atoms with Crippen LogP contribution in [0.4, 0.5) is 0 Å². The summed E-state index contributed by atoms with van der Waals surface area (Å²) >= 11 is 0. The molecule has 0 radical (unpaired) electrons. The second kappa shape index (κ2) is 6.60. The minimum atomic E-state index is -0.683. The van der Waals surface area contributed by atoms with Crippen molar-refractivity contribution in [2.45, 2.75) is 33.6 Å². The molecule has 0 heterocycles. The second-order valence-electron chi connectivity index (χ2n) is 2.80. The van der Waals surface area contributed by atoms with Crippen LogP contribution in [0.15, 0.2) is 0 Å². The van der Waals surface area contributed by atoms with E-state index in [4.69, 9.17) is 0 Å². The summed E-state index contributed by atoms with van der Waals surface area (Å²) in [5.41, 5.74) is 0. The normalized spacial score (nSPS) is 12.2. The summed E-state index contributed by atoms with van der Waals surface area (Å²) in [6.07, 6.45) is 1.22. The molecule has 0 amide bonds. The zero-order valence-corrected chi connectivity index (χ0v) is 8.33. The predicted molar refractivity (Wildman–Crippen MR) is 46.8 cm³/mol. The first-order valence-electron chi connectivity index (χ1n) is 4.47. The zero-order valence-electron chi connectivity index (χ0n) is 8.33. The largest absolute Gasteiger partial charge is 0.352 e. The predicted octanol–water partition coefficient (Wildman–Crippen LogP) is 1.49. The van der Waals surface area contributed by atoms with E-state index < -0.39 is 11.9 Å². The lowest BCUT2D eigenvalue weighted by molar-refractivity contribution is -0.275. The molecule has 0 aliphatic heterocycles. The average molecular weight is 188 g/mol. The Morgan fingerprint density at radius 3 is 2.31 bits per heavy atom. The van der Waals surface area contributed by atoms with E-state index in [1.807, 2.05) is 6.92 Å². The fourth-order valence-corrected chi connectivity index (χ4v) is 0.861. The highest BCUT2D eigenvalue weighted by Gasteiger charge is 2.23. The van der Waals surface area contributed by atoms with Crippen LogP contribution in [-0.4, -0.2) is 18.4 Å². The van der Waals surface area contributed by atoms with Gasteiger partial charge in [0, 0.05) is 0 Å². The molecule has 0 aliphatic carbocycles. The molecule has 0 N–H and O–H groups in total. The maximum atomic E-state index is 11.1. The first-order chi connectivity index (χ1) is 6.13. The highest BCUT2D eigenvalue weighted by Crippen LogP contribution is 2.06. The Bertz CT molecular complexity index is 176. The van der Waals surface area contributed by atoms with Crippen LogP contribution in [0, 0.1) is 5.92 Å². The molecule has 0 bridgehead atoms. The minimum Gasteiger partial charge on any atom is -0.299 e. The molecule has 0 saturated heterocycles. The molecule has 0 fully saturated rings. The molecular formula is C9H16O4. The molecule has 0 saturated carbocycles. The fraction of sp³-hybridized carbons (Fsp3) is 0.778. The lowest BCUT2D eigenvalue weighted by atomic mass is 10.0. The van der Waals surface area contributed by atoms with Crippen LogP contribution >= 0.6 is 0 Å². The molecule has 4 nitrogen and oxygen atoms in total. The molecule has 13 heavy (non-hydrogen) atoms. The first kappa shape index (κ1) is 12.1. The van der Waals surface area contributed by atoms with Crippen molar-refractivity contribution in [3.63, 3.8) is 0 Å². The van der Waals surface area contributed by atoms with Gasteiger partial charge in [0.2, 0.25) is 0 Å². The Labute approximate surface area is 78.1 Å². The summed E-state index contributed by atoms with van der Waals surface area (Å²) in [6, 6.07) is 0. The summed E-state index contributed by atoms with van der Waals surface area (Å²) in [6.45, 7) is 5.39. The van der Waals surface area contributed by atoms with E-state index in [0.717, 1.165) is 6.42 Å².